The van der Waals surface area contributed by atoms with Crippen molar-refractivity contribution in [2.75, 3.05) is 6.61 Å². The summed E-state index contributed by atoms with van der Waals surface area (Å²) in [5, 5.41) is 0. The monoisotopic (exact) mass is 286 g/mol. The van der Waals surface area contributed by atoms with Crippen molar-refractivity contribution in [1.82, 2.24) is 0 Å². The number of aryl methyl sites for hydroxylation is 2. The van der Waals surface area contributed by atoms with Crippen LogP contribution in [0.25, 0.3) is 5.57 Å². The van der Waals surface area contributed by atoms with Gasteiger partial charge in [-0.25, -0.2) is 4.79 Å². The summed E-state index contributed by atoms with van der Waals surface area (Å²) >= 11 is 0. The first-order valence-electron chi connectivity index (χ1n) is 6.93. The smallest absolute Gasteiger partial charge is 0.338 e. The number of hydrogen-bond acceptors (Lipinski definition) is 3. The van der Waals surface area contributed by atoms with Gasteiger partial charge in [0.15, 0.2) is 0 Å². The summed E-state index contributed by atoms with van der Waals surface area (Å²) in [5.41, 5.74) is 2.28. The highest BCUT2D eigenvalue weighted by molar-refractivity contribution is 6.17. The minimum atomic E-state index is -0.346. The van der Waals surface area contributed by atoms with E-state index in [-0.39, 0.29) is 5.97 Å². The second-order valence-electron chi connectivity index (χ2n) is 4.52. The summed E-state index contributed by atoms with van der Waals surface area (Å²) in [4.78, 5) is 12.2. The number of rotatable bonds is 6. The van der Waals surface area contributed by atoms with Crippen molar-refractivity contribution in [3.8, 4) is 0 Å². The van der Waals surface area contributed by atoms with E-state index in [0.717, 1.165) is 22.6 Å². The third-order valence-corrected chi connectivity index (χ3v) is 3.06. The fraction of sp³-hybridized carbons (Fsp3) is 0.278. The quantitative estimate of drug-likeness (QED) is 0.440. The van der Waals surface area contributed by atoms with Gasteiger partial charge in [0, 0.05) is 5.56 Å². The van der Waals surface area contributed by atoms with E-state index in [1.54, 1.807) is 25.2 Å². The zero-order valence-corrected chi connectivity index (χ0v) is 13.1. The first kappa shape index (κ1) is 16.8. The average Bonchev–Trinajstić information content (AvgIpc) is 2.69. The first-order chi connectivity index (χ1) is 10.0. The van der Waals surface area contributed by atoms with E-state index in [9.17, 15) is 4.79 Å². The van der Waals surface area contributed by atoms with Crippen LogP contribution in [0.15, 0.2) is 47.5 Å². The SMILES string of the molecule is C=CC=CC=CC=C(C(=O)OCC)c1c(C)oc(C)c1C. The maximum Gasteiger partial charge on any atom is 0.338 e. The van der Waals surface area contributed by atoms with Gasteiger partial charge in [0.05, 0.1) is 12.2 Å². The minimum Gasteiger partial charge on any atom is -0.466 e. The molecule has 0 bridgehead atoms. The van der Waals surface area contributed by atoms with E-state index in [4.69, 9.17) is 9.15 Å². The molecule has 0 amide bonds. The lowest BCUT2D eigenvalue weighted by Gasteiger charge is -2.06. The number of carbonyl (C=O) groups is 1. The summed E-state index contributed by atoms with van der Waals surface area (Å²) in [6.45, 7) is 11.4. The molecule has 112 valence electrons. The zero-order valence-electron chi connectivity index (χ0n) is 13.1. The standard InChI is InChI=1S/C18H22O3/c1-6-8-9-10-11-12-16(18(19)20-7-2)17-13(3)14(4)21-15(17)5/h6,8-12H,1,7H2,2-5H3. The highest BCUT2D eigenvalue weighted by Gasteiger charge is 2.21. The Morgan fingerprint density at radius 1 is 1.14 bits per heavy atom. The van der Waals surface area contributed by atoms with Crippen LogP contribution in [-0.2, 0) is 9.53 Å². The molecule has 0 N–H and O–H groups in total. The van der Waals surface area contributed by atoms with Gasteiger partial charge in [-0.05, 0) is 39.3 Å². The molecule has 1 aromatic rings. The van der Waals surface area contributed by atoms with Crippen molar-refractivity contribution < 1.29 is 13.9 Å². The normalized spacial score (nSPS) is 12.3. The van der Waals surface area contributed by atoms with Gasteiger partial charge in [-0.15, -0.1) is 0 Å². The third kappa shape index (κ3) is 4.35. The van der Waals surface area contributed by atoms with E-state index in [0.29, 0.717) is 12.2 Å². The van der Waals surface area contributed by atoms with E-state index in [1.165, 1.54) is 0 Å². The van der Waals surface area contributed by atoms with E-state index < -0.39 is 0 Å². The molecule has 0 aliphatic heterocycles. The number of hydrogen-bond donors (Lipinski definition) is 0. The predicted molar refractivity (Wildman–Crippen MR) is 86.0 cm³/mol. The lowest BCUT2D eigenvalue weighted by molar-refractivity contribution is -0.136. The van der Waals surface area contributed by atoms with Gasteiger partial charge in [0.25, 0.3) is 0 Å². The van der Waals surface area contributed by atoms with Crippen molar-refractivity contribution in [3.05, 3.63) is 65.7 Å². The van der Waals surface area contributed by atoms with Gasteiger partial charge in [0.1, 0.15) is 11.5 Å². The number of ether oxygens (including phenoxy) is 1. The average molecular weight is 286 g/mol. The van der Waals surface area contributed by atoms with Crippen molar-refractivity contribution in [1.29, 1.82) is 0 Å². The van der Waals surface area contributed by atoms with E-state index in [2.05, 4.69) is 6.58 Å². The molecule has 0 saturated heterocycles. The van der Waals surface area contributed by atoms with Crippen LogP contribution in [-0.4, -0.2) is 12.6 Å². The molecule has 3 heteroatoms. The van der Waals surface area contributed by atoms with Gasteiger partial charge in [-0.2, -0.15) is 0 Å². The molecule has 0 fully saturated rings. The molecule has 1 rings (SSSR count). The number of allylic oxidation sites excluding steroid dienone is 6. The van der Waals surface area contributed by atoms with Crippen LogP contribution < -0.4 is 0 Å². The Hall–Kier alpha value is -2.29. The molecule has 0 radical (unpaired) electrons. The Balaban J connectivity index is 3.22. The molecule has 0 unspecified atom stereocenters. The van der Waals surface area contributed by atoms with Crippen LogP contribution in [0.3, 0.4) is 0 Å². The molecule has 1 heterocycles. The summed E-state index contributed by atoms with van der Waals surface area (Å²) in [6, 6.07) is 0. The van der Waals surface area contributed by atoms with Gasteiger partial charge in [-0.1, -0.05) is 37.0 Å². The van der Waals surface area contributed by atoms with E-state index in [1.807, 2.05) is 39.0 Å². The number of carbonyl (C=O) groups excluding carboxylic acids is 1. The van der Waals surface area contributed by atoms with Crippen LogP contribution >= 0.6 is 0 Å². The summed E-state index contributed by atoms with van der Waals surface area (Å²) in [7, 11) is 0. The molecular formula is C18H22O3. The topological polar surface area (TPSA) is 39.4 Å². The Labute approximate surface area is 126 Å². The van der Waals surface area contributed by atoms with Crippen molar-refractivity contribution in [2.45, 2.75) is 27.7 Å². The second kappa shape index (κ2) is 8.10. The molecule has 0 aliphatic carbocycles. The summed E-state index contributed by atoms with van der Waals surface area (Å²) < 4.78 is 10.7. The highest BCUT2D eigenvalue weighted by Crippen LogP contribution is 2.28. The van der Waals surface area contributed by atoms with E-state index >= 15 is 0 Å². The number of furan rings is 1. The van der Waals surface area contributed by atoms with Gasteiger partial charge in [0.2, 0.25) is 0 Å². The third-order valence-electron chi connectivity index (χ3n) is 3.06. The Morgan fingerprint density at radius 2 is 1.81 bits per heavy atom. The lowest BCUT2D eigenvalue weighted by atomic mass is 10.0. The van der Waals surface area contributed by atoms with Gasteiger partial charge in [-0.3, -0.25) is 0 Å². The highest BCUT2D eigenvalue weighted by atomic mass is 16.5. The molecule has 0 spiro atoms. The molecule has 21 heavy (non-hydrogen) atoms. The fourth-order valence-corrected chi connectivity index (χ4v) is 2.01. The Morgan fingerprint density at radius 3 is 2.33 bits per heavy atom. The van der Waals surface area contributed by atoms with Gasteiger partial charge < -0.3 is 9.15 Å². The van der Waals surface area contributed by atoms with Crippen LogP contribution in [0, 0.1) is 20.8 Å². The number of esters is 1. The second-order valence-corrected chi connectivity index (χ2v) is 4.52. The Bertz CT molecular complexity index is 598. The predicted octanol–water partition coefficient (Wildman–Crippen LogP) is 4.45. The molecule has 0 aliphatic rings. The van der Waals surface area contributed by atoms with Crippen molar-refractivity contribution >= 4 is 11.5 Å². The van der Waals surface area contributed by atoms with Crippen LogP contribution in [0.4, 0.5) is 0 Å². The maximum atomic E-state index is 12.2. The van der Waals surface area contributed by atoms with Crippen LogP contribution in [0.5, 0.6) is 0 Å². The molecular weight excluding hydrogens is 264 g/mol. The van der Waals surface area contributed by atoms with Gasteiger partial charge >= 0.3 is 5.97 Å². The lowest BCUT2D eigenvalue weighted by Crippen LogP contribution is -2.08. The van der Waals surface area contributed by atoms with Crippen molar-refractivity contribution in [2.24, 2.45) is 0 Å². The first-order valence-corrected chi connectivity index (χ1v) is 6.93. The summed E-state index contributed by atoms with van der Waals surface area (Å²) in [5.74, 6) is 1.19. The molecule has 0 atom stereocenters. The molecule has 0 aromatic carbocycles. The summed E-state index contributed by atoms with van der Waals surface area (Å²) in [6.07, 6.45) is 10.7. The minimum absolute atomic E-state index is 0.338. The zero-order chi connectivity index (χ0) is 15.8. The molecule has 1 aromatic heterocycles. The molecule has 0 saturated carbocycles. The van der Waals surface area contributed by atoms with Crippen molar-refractivity contribution in [3.63, 3.8) is 0 Å². The largest absolute Gasteiger partial charge is 0.466 e. The Kier molecular flexibility index (Phi) is 6.47. The fourth-order valence-electron chi connectivity index (χ4n) is 2.01. The van der Waals surface area contributed by atoms with Crippen LogP contribution in [0.1, 0.15) is 29.6 Å². The van der Waals surface area contributed by atoms with Crippen LogP contribution in [0.2, 0.25) is 0 Å². The molecule has 3 nitrogen and oxygen atoms in total. The maximum absolute atomic E-state index is 12.2.